The third-order valence-corrected chi connectivity index (χ3v) is 3.13. The van der Waals surface area contributed by atoms with E-state index in [0.29, 0.717) is 26.3 Å². The highest BCUT2D eigenvalue weighted by Gasteiger charge is 2.32. The van der Waals surface area contributed by atoms with Gasteiger partial charge in [-0.25, -0.2) is 15.2 Å². The van der Waals surface area contributed by atoms with Crippen molar-refractivity contribution in [3.05, 3.63) is 0 Å². The van der Waals surface area contributed by atoms with Gasteiger partial charge in [-0.2, -0.15) is 5.26 Å². The summed E-state index contributed by atoms with van der Waals surface area (Å²) in [6, 6.07) is 1.56. The molecule has 1 unspecified atom stereocenters. The molecule has 0 aromatic carbocycles. The van der Waals surface area contributed by atoms with Gasteiger partial charge in [0.25, 0.3) is 0 Å². The highest BCUT2D eigenvalue weighted by Crippen LogP contribution is 2.11. The fourth-order valence-corrected chi connectivity index (χ4v) is 2.13. The predicted molar refractivity (Wildman–Crippen MR) is 70.6 cm³/mol. The molecule has 2 rings (SSSR count). The topological polar surface area (TPSA) is 94.9 Å². The Morgan fingerprint density at radius 1 is 1.43 bits per heavy atom. The van der Waals surface area contributed by atoms with E-state index in [9.17, 15) is 9.59 Å². The van der Waals surface area contributed by atoms with Crippen LogP contribution in [0.25, 0.3) is 0 Å². The summed E-state index contributed by atoms with van der Waals surface area (Å²) in [6.45, 7) is 3.91. The number of rotatable bonds is 5. The molecule has 8 nitrogen and oxygen atoms in total. The van der Waals surface area contributed by atoms with Gasteiger partial charge in [0.05, 0.1) is 26.3 Å². The maximum absolute atomic E-state index is 11.7. The van der Waals surface area contributed by atoms with Crippen LogP contribution in [-0.4, -0.2) is 73.8 Å². The average molecular weight is 292 g/mol. The van der Waals surface area contributed by atoms with Crippen LogP contribution in [0.3, 0.4) is 0 Å². The summed E-state index contributed by atoms with van der Waals surface area (Å²) in [4.78, 5) is 25.1. The van der Waals surface area contributed by atoms with Gasteiger partial charge in [0.15, 0.2) is 6.07 Å². The van der Waals surface area contributed by atoms with Crippen molar-refractivity contribution in [2.45, 2.75) is 6.10 Å². The van der Waals surface area contributed by atoms with Crippen molar-refractivity contribution in [2.24, 2.45) is 0 Å². The summed E-state index contributed by atoms with van der Waals surface area (Å²) in [5.41, 5.74) is 2.66. The maximum Gasteiger partial charge on any atom is 0.424 e. The van der Waals surface area contributed by atoms with Gasteiger partial charge in [0.1, 0.15) is 6.10 Å². The minimum atomic E-state index is -0.505. The van der Waals surface area contributed by atoms with E-state index in [2.05, 4.69) is 16.2 Å². The van der Waals surface area contributed by atoms with E-state index >= 15 is 0 Å². The molecule has 8 heteroatoms. The van der Waals surface area contributed by atoms with E-state index in [1.165, 1.54) is 5.01 Å². The number of ether oxygens (including phenoxy) is 2. The fraction of sp³-hybridized carbons (Fsp3) is 0.615. The van der Waals surface area contributed by atoms with E-state index in [0.717, 1.165) is 13.1 Å². The molecule has 2 fully saturated rings. The number of carbonyl (C=O) groups excluding carboxylic acids is 2. The molecule has 0 spiro atoms. The van der Waals surface area contributed by atoms with Crippen molar-refractivity contribution >= 4 is 11.9 Å². The quantitative estimate of drug-likeness (QED) is 0.499. The Morgan fingerprint density at radius 3 is 2.90 bits per heavy atom. The van der Waals surface area contributed by atoms with E-state index in [1.54, 1.807) is 6.07 Å². The molecule has 0 aromatic rings. The second kappa shape index (κ2) is 7.60. The first-order chi connectivity index (χ1) is 10.2. The molecule has 1 atom stereocenters. The highest BCUT2D eigenvalue weighted by atomic mass is 16.6. The summed E-state index contributed by atoms with van der Waals surface area (Å²) >= 11 is 0. The van der Waals surface area contributed by atoms with Gasteiger partial charge < -0.3 is 9.47 Å². The average Bonchev–Trinajstić information content (AvgIpc) is 2.83. The number of cyclic esters (lactones) is 1. The van der Waals surface area contributed by atoms with Crippen LogP contribution in [0.1, 0.15) is 0 Å². The zero-order valence-corrected chi connectivity index (χ0v) is 11.5. The first-order valence-corrected chi connectivity index (χ1v) is 6.63. The first kappa shape index (κ1) is 15.3. The van der Waals surface area contributed by atoms with Crippen LogP contribution in [0.4, 0.5) is 4.79 Å². The number of nitrogens with one attached hydrogen (secondary N) is 1. The van der Waals surface area contributed by atoms with E-state index in [1.807, 2.05) is 5.92 Å². The third-order valence-electron chi connectivity index (χ3n) is 3.13. The van der Waals surface area contributed by atoms with E-state index < -0.39 is 11.9 Å². The molecule has 0 saturated carbocycles. The van der Waals surface area contributed by atoms with Crippen LogP contribution in [0.5, 0.6) is 0 Å². The number of hydrazine groups is 1. The summed E-state index contributed by atoms with van der Waals surface area (Å²) < 4.78 is 10.5. The lowest BCUT2D eigenvalue weighted by Gasteiger charge is -2.27. The monoisotopic (exact) mass is 292 g/mol. The van der Waals surface area contributed by atoms with Crippen molar-refractivity contribution in [1.29, 1.82) is 5.26 Å². The molecule has 1 amide bonds. The molecule has 2 saturated heterocycles. The van der Waals surface area contributed by atoms with Crippen LogP contribution in [0, 0.1) is 23.2 Å². The summed E-state index contributed by atoms with van der Waals surface area (Å²) in [6.07, 6.45) is -0.738. The van der Waals surface area contributed by atoms with Crippen LogP contribution in [0.15, 0.2) is 0 Å². The summed E-state index contributed by atoms with van der Waals surface area (Å²) in [5.74, 6) is 3.69. The number of ketones is 1. The molecule has 21 heavy (non-hydrogen) atoms. The van der Waals surface area contributed by atoms with E-state index in [-0.39, 0.29) is 12.6 Å². The number of nitriles is 1. The molecule has 0 radical (unpaired) electrons. The van der Waals surface area contributed by atoms with Gasteiger partial charge in [-0.1, -0.05) is 0 Å². The van der Waals surface area contributed by atoms with Crippen molar-refractivity contribution in [2.75, 3.05) is 45.9 Å². The van der Waals surface area contributed by atoms with Gasteiger partial charge in [0.2, 0.25) is 5.78 Å². The Morgan fingerprint density at radius 2 is 2.19 bits per heavy atom. The second-order valence-electron chi connectivity index (χ2n) is 4.65. The smallest absolute Gasteiger partial charge is 0.424 e. The highest BCUT2D eigenvalue weighted by molar-refractivity contribution is 5.97. The zero-order chi connectivity index (χ0) is 15.1. The Bertz CT molecular complexity index is 499. The van der Waals surface area contributed by atoms with Crippen molar-refractivity contribution in [3.8, 4) is 17.9 Å². The number of morpholine rings is 1. The molecule has 112 valence electrons. The molecule has 0 aliphatic carbocycles. The van der Waals surface area contributed by atoms with Gasteiger partial charge in [-0.3, -0.25) is 9.69 Å². The Kier molecular flexibility index (Phi) is 5.52. The van der Waals surface area contributed by atoms with Crippen LogP contribution < -0.4 is 5.43 Å². The number of Topliss-reactive ketones (excluding diaryl/α,β-unsaturated/α-hetero) is 1. The van der Waals surface area contributed by atoms with E-state index in [4.69, 9.17) is 14.7 Å². The van der Waals surface area contributed by atoms with Crippen molar-refractivity contribution < 1.29 is 19.1 Å². The Balaban J connectivity index is 1.74. The first-order valence-electron chi connectivity index (χ1n) is 6.63. The molecule has 2 aliphatic heterocycles. The lowest BCUT2D eigenvalue weighted by Crippen LogP contribution is -2.44. The largest absolute Gasteiger partial charge is 0.442 e. The molecular formula is C13H16N4O4. The predicted octanol–water partition coefficient (Wildman–Crippen LogP) is -1.26. The number of hydrogen-bond donors (Lipinski definition) is 1. The van der Waals surface area contributed by atoms with Gasteiger partial charge in [-0.15, -0.1) is 0 Å². The lowest BCUT2D eigenvalue weighted by atomic mass is 10.3. The van der Waals surface area contributed by atoms with Crippen LogP contribution >= 0.6 is 0 Å². The fourth-order valence-electron chi connectivity index (χ4n) is 2.13. The number of nitrogens with zero attached hydrogens (tertiary/aromatic N) is 3. The molecule has 2 aliphatic rings. The maximum atomic E-state index is 11.7. The standard InChI is InChI=1S/C13H16N4O4/c14-3-1-2-11(18)8-15-17-10-12(21-13(17)19)9-16-4-6-20-7-5-16/h12,15H,4-10H2. The SMILES string of the molecule is N#CC#CC(=O)CNN1CC(CN2CCOCC2)OC1=O. The van der Waals surface area contributed by atoms with Gasteiger partial charge >= 0.3 is 6.09 Å². The Labute approximate surface area is 122 Å². The number of amides is 1. The lowest BCUT2D eigenvalue weighted by molar-refractivity contribution is -0.113. The number of hydrogen-bond acceptors (Lipinski definition) is 7. The summed E-state index contributed by atoms with van der Waals surface area (Å²) in [7, 11) is 0. The normalized spacial score (nSPS) is 22.1. The van der Waals surface area contributed by atoms with Gasteiger partial charge in [-0.05, 0) is 5.92 Å². The minimum Gasteiger partial charge on any atom is -0.442 e. The zero-order valence-electron chi connectivity index (χ0n) is 11.5. The number of carbonyl (C=O) groups is 2. The molecule has 1 N–H and O–H groups in total. The minimum absolute atomic E-state index is 0.131. The van der Waals surface area contributed by atoms with Crippen molar-refractivity contribution in [1.82, 2.24) is 15.3 Å². The molecule has 0 aromatic heterocycles. The third kappa shape index (κ3) is 4.72. The molecular weight excluding hydrogens is 276 g/mol. The Hall–Kier alpha value is -2.13. The van der Waals surface area contributed by atoms with Crippen LogP contribution in [0.2, 0.25) is 0 Å². The summed E-state index contributed by atoms with van der Waals surface area (Å²) in [5, 5.41) is 9.49. The second-order valence-corrected chi connectivity index (χ2v) is 4.65. The van der Waals surface area contributed by atoms with Crippen LogP contribution in [-0.2, 0) is 14.3 Å². The molecule has 0 bridgehead atoms. The van der Waals surface area contributed by atoms with Crippen molar-refractivity contribution in [3.63, 3.8) is 0 Å². The van der Waals surface area contributed by atoms with Gasteiger partial charge in [0, 0.05) is 25.6 Å². The molecule has 2 heterocycles.